The molecule has 2 saturated carbocycles. The molecular formula is C11H22N2. The van der Waals surface area contributed by atoms with Crippen molar-refractivity contribution < 1.29 is 0 Å². The lowest BCUT2D eigenvalue weighted by Gasteiger charge is -2.39. The molecule has 0 spiro atoms. The van der Waals surface area contributed by atoms with Crippen molar-refractivity contribution >= 4 is 0 Å². The number of rotatable bonds is 3. The van der Waals surface area contributed by atoms with Gasteiger partial charge in [0.15, 0.2) is 0 Å². The van der Waals surface area contributed by atoms with Crippen molar-refractivity contribution in [2.24, 2.45) is 11.7 Å². The van der Waals surface area contributed by atoms with Crippen LogP contribution in [-0.2, 0) is 0 Å². The fourth-order valence-electron chi connectivity index (χ4n) is 2.38. The van der Waals surface area contributed by atoms with Gasteiger partial charge in [0.05, 0.1) is 0 Å². The van der Waals surface area contributed by atoms with Gasteiger partial charge in [-0.3, -0.25) is 0 Å². The third-order valence-electron chi connectivity index (χ3n) is 3.71. The molecule has 2 heteroatoms. The molecular weight excluding hydrogens is 160 g/mol. The van der Waals surface area contributed by atoms with Crippen LogP contribution < -0.4 is 11.1 Å². The van der Waals surface area contributed by atoms with Gasteiger partial charge >= 0.3 is 0 Å². The summed E-state index contributed by atoms with van der Waals surface area (Å²) in [7, 11) is 0. The van der Waals surface area contributed by atoms with Gasteiger partial charge in [0, 0.05) is 18.1 Å². The van der Waals surface area contributed by atoms with E-state index in [1.54, 1.807) is 0 Å². The van der Waals surface area contributed by atoms with Crippen LogP contribution in [0.1, 0.15) is 45.4 Å². The average Bonchev–Trinajstić information content (AvgIpc) is 2.94. The number of hydrogen-bond acceptors (Lipinski definition) is 2. The molecule has 2 aliphatic rings. The summed E-state index contributed by atoms with van der Waals surface area (Å²) in [5, 5.41) is 3.75. The molecule has 0 bridgehead atoms. The van der Waals surface area contributed by atoms with Crippen molar-refractivity contribution in [2.45, 2.75) is 57.0 Å². The minimum Gasteiger partial charge on any atom is -0.329 e. The molecule has 3 N–H and O–H groups in total. The number of nitrogens with two attached hydrogens (primary N) is 1. The Hall–Kier alpha value is -0.0800. The van der Waals surface area contributed by atoms with Gasteiger partial charge < -0.3 is 11.1 Å². The second kappa shape index (κ2) is 3.58. The first-order valence-electron chi connectivity index (χ1n) is 5.72. The lowest BCUT2D eigenvalue weighted by Crippen LogP contribution is -2.54. The van der Waals surface area contributed by atoms with Crippen molar-refractivity contribution in [1.82, 2.24) is 5.32 Å². The summed E-state index contributed by atoms with van der Waals surface area (Å²) in [6.07, 6.45) is 8.05. The lowest BCUT2D eigenvalue weighted by atomic mass is 9.77. The van der Waals surface area contributed by atoms with Crippen LogP contribution in [0.3, 0.4) is 0 Å². The summed E-state index contributed by atoms with van der Waals surface area (Å²) in [5.74, 6) is 0.917. The van der Waals surface area contributed by atoms with Gasteiger partial charge in [0.2, 0.25) is 0 Å². The highest BCUT2D eigenvalue weighted by atomic mass is 15.1. The third-order valence-corrected chi connectivity index (χ3v) is 3.71. The molecule has 0 aliphatic heterocycles. The van der Waals surface area contributed by atoms with Crippen molar-refractivity contribution in [1.29, 1.82) is 0 Å². The maximum absolute atomic E-state index is 5.90. The predicted molar refractivity (Wildman–Crippen MR) is 55.6 cm³/mol. The zero-order valence-corrected chi connectivity index (χ0v) is 8.68. The highest BCUT2D eigenvalue weighted by Gasteiger charge is 2.37. The zero-order valence-electron chi connectivity index (χ0n) is 8.68. The molecule has 2 fully saturated rings. The van der Waals surface area contributed by atoms with Gasteiger partial charge in [-0.25, -0.2) is 0 Å². The van der Waals surface area contributed by atoms with E-state index in [0.29, 0.717) is 5.54 Å². The highest BCUT2D eigenvalue weighted by molar-refractivity contribution is 4.98. The summed E-state index contributed by atoms with van der Waals surface area (Å²) < 4.78 is 0. The Morgan fingerprint density at radius 3 is 2.31 bits per heavy atom. The molecule has 0 aromatic carbocycles. The Labute approximate surface area is 81.3 Å². The van der Waals surface area contributed by atoms with E-state index in [4.69, 9.17) is 5.73 Å². The summed E-state index contributed by atoms with van der Waals surface area (Å²) in [5.41, 5.74) is 6.21. The van der Waals surface area contributed by atoms with Gasteiger partial charge in [0.1, 0.15) is 0 Å². The first kappa shape index (κ1) is 9.47. The molecule has 0 amide bonds. The van der Waals surface area contributed by atoms with Crippen LogP contribution in [0.15, 0.2) is 0 Å². The molecule has 0 unspecified atom stereocenters. The standard InChI is InChI=1S/C11H22N2/c1-9-4-6-11(8-12,7-5-9)13-10-2-3-10/h9-10,13H,2-8,12H2,1H3. The Morgan fingerprint density at radius 2 is 1.85 bits per heavy atom. The highest BCUT2D eigenvalue weighted by Crippen LogP contribution is 2.34. The van der Waals surface area contributed by atoms with Crippen LogP contribution in [-0.4, -0.2) is 18.1 Å². The van der Waals surface area contributed by atoms with Crippen LogP contribution in [0.2, 0.25) is 0 Å². The Morgan fingerprint density at radius 1 is 1.23 bits per heavy atom. The van der Waals surface area contributed by atoms with E-state index in [9.17, 15) is 0 Å². The maximum atomic E-state index is 5.90. The number of nitrogens with one attached hydrogen (secondary N) is 1. The van der Waals surface area contributed by atoms with Crippen LogP contribution in [0.25, 0.3) is 0 Å². The molecule has 0 heterocycles. The summed E-state index contributed by atoms with van der Waals surface area (Å²) >= 11 is 0. The molecule has 0 aromatic rings. The fourth-order valence-corrected chi connectivity index (χ4v) is 2.38. The topological polar surface area (TPSA) is 38.0 Å². The smallest absolute Gasteiger partial charge is 0.0306 e. The van der Waals surface area contributed by atoms with Crippen LogP contribution in [0.4, 0.5) is 0 Å². The van der Waals surface area contributed by atoms with E-state index in [1.165, 1.54) is 38.5 Å². The van der Waals surface area contributed by atoms with E-state index in [2.05, 4.69) is 12.2 Å². The summed E-state index contributed by atoms with van der Waals surface area (Å²) in [6, 6.07) is 0.803. The van der Waals surface area contributed by atoms with Gasteiger partial charge in [-0.1, -0.05) is 6.92 Å². The van der Waals surface area contributed by atoms with Crippen molar-refractivity contribution in [3.05, 3.63) is 0 Å². The summed E-state index contributed by atoms with van der Waals surface area (Å²) in [6.45, 7) is 3.19. The van der Waals surface area contributed by atoms with Crippen molar-refractivity contribution in [3.8, 4) is 0 Å². The van der Waals surface area contributed by atoms with E-state index >= 15 is 0 Å². The average molecular weight is 182 g/mol. The molecule has 0 radical (unpaired) electrons. The Kier molecular flexibility index (Phi) is 2.61. The monoisotopic (exact) mass is 182 g/mol. The van der Waals surface area contributed by atoms with Crippen LogP contribution >= 0.6 is 0 Å². The largest absolute Gasteiger partial charge is 0.329 e. The minimum absolute atomic E-state index is 0.313. The molecule has 2 aliphatic carbocycles. The zero-order chi connectivity index (χ0) is 9.31. The van der Waals surface area contributed by atoms with Crippen molar-refractivity contribution in [2.75, 3.05) is 6.54 Å². The molecule has 0 saturated heterocycles. The van der Waals surface area contributed by atoms with Gasteiger partial charge in [-0.15, -0.1) is 0 Å². The summed E-state index contributed by atoms with van der Waals surface area (Å²) in [4.78, 5) is 0. The maximum Gasteiger partial charge on any atom is 0.0306 e. The molecule has 76 valence electrons. The SMILES string of the molecule is CC1CCC(CN)(NC2CC2)CC1. The lowest BCUT2D eigenvalue weighted by molar-refractivity contribution is 0.200. The second-order valence-electron chi connectivity index (χ2n) is 5.09. The predicted octanol–water partition coefficient (Wildman–Crippen LogP) is 1.65. The first-order chi connectivity index (χ1) is 6.24. The second-order valence-corrected chi connectivity index (χ2v) is 5.09. The normalized spacial score (nSPS) is 40.6. The third kappa shape index (κ3) is 2.23. The fraction of sp³-hybridized carbons (Fsp3) is 1.00. The number of hydrogen-bond donors (Lipinski definition) is 2. The van der Waals surface area contributed by atoms with Crippen LogP contribution in [0, 0.1) is 5.92 Å². The first-order valence-corrected chi connectivity index (χ1v) is 5.72. The minimum atomic E-state index is 0.313. The van der Waals surface area contributed by atoms with Crippen molar-refractivity contribution in [3.63, 3.8) is 0 Å². The quantitative estimate of drug-likeness (QED) is 0.696. The molecule has 0 aromatic heterocycles. The Balaban J connectivity index is 1.89. The molecule has 0 atom stereocenters. The van der Waals surface area contributed by atoms with E-state index in [-0.39, 0.29) is 0 Å². The van der Waals surface area contributed by atoms with Gasteiger partial charge in [-0.05, 0) is 44.4 Å². The van der Waals surface area contributed by atoms with Gasteiger partial charge in [0.25, 0.3) is 0 Å². The van der Waals surface area contributed by atoms with Crippen LogP contribution in [0.5, 0.6) is 0 Å². The molecule has 13 heavy (non-hydrogen) atoms. The Bertz CT molecular complexity index is 167. The molecule has 2 rings (SSSR count). The molecule has 2 nitrogen and oxygen atoms in total. The van der Waals surface area contributed by atoms with E-state index < -0.39 is 0 Å². The van der Waals surface area contributed by atoms with Gasteiger partial charge in [-0.2, -0.15) is 0 Å². The van der Waals surface area contributed by atoms with E-state index in [1.807, 2.05) is 0 Å². The van der Waals surface area contributed by atoms with E-state index in [0.717, 1.165) is 18.5 Å².